The van der Waals surface area contributed by atoms with E-state index in [1.165, 1.54) is 6.07 Å². The van der Waals surface area contributed by atoms with Crippen LogP contribution in [0.4, 0.5) is 21.5 Å². The van der Waals surface area contributed by atoms with Gasteiger partial charge in [-0.2, -0.15) is 0 Å². The maximum atomic E-state index is 16.3. The fraction of sp³-hybridized carbons (Fsp3) is 0.400. The lowest BCUT2D eigenvalue weighted by Crippen LogP contribution is -2.52. The number of nitrogens with zero attached hydrogens (tertiary/aromatic N) is 2. The number of hydrogen-bond donors (Lipinski definition) is 4. The Bertz CT molecular complexity index is 2640. The number of piperidine rings is 2. The molecule has 5 aliphatic rings. The predicted octanol–water partition coefficient (Wildman–Crippen LogP) is 8.03. The van der Waals surface area contributed by atoms with E-state index < -0.39 is 35.1 Å². The van der Waals surface area contributed by atoms with Crippen molar-refractivity contribution in [2.75, 3.05) is 42.3 Å². The van der Waals surface area contributed by atoms with Crippen LogP contribution >= 0.6 is 23.2 Å². The zero-order valence-electron chi connectivity index (χ0n) is 36.2. The molecule has 3 fully saturated rings. The van der Waals surface area contributed by atoms with Crippen molar-refractivity contribution in [2.45, 2.75) is 88.9 Å². The normalized spacial score (nSPS) is 25.0. The Morgan fingerprint density at radius 3 is 2.62 bits per heavy atom. The summed E-state index contributed by atoms with van der Waals surface area (Å²) in [5.41, 5.74) is 4.84. The van der Waals surface area contributed by atoms with Gasteiger partial charge in [0, 0.05) is 89.5 Å². The lowest BCUT2D eigenvalue weighted by Gasteiger charge is -2.39. The highest BCUT2D eigenvalue weighted by Crippen LogP contribution is 2.57. The molecule has 6 atom stereocenters. The highest BCUT2D eigenvalue weighted by molar-refractivity contribution is 6.31. The number of anilines is 3. The van der Waals surface area contributed by atoms with Crippen molar-refractivity contribution in [3.05, 3.63) is 116 Å². The van der Waals surface area contributed by atoms with Gasteiger partial charge in [-0.05, 0) is 90.3 Å². The third-order valence-electron chi connectivity index (χ3n) is 13.6. The molecule has 332 valence electrons. The molecule has 0 aliphatic carbocycles. The van der Waals surface area contributed by atoms with E-state index in [0.29, 0.717) is 53.5 Å². The number of nitrogens with one attached hydrogen (secondary N) is 4. The van der Waals surface area contributed by atoms with Gasteiger partial charge in [-0.1, -0.05) is 80.1 Å². The molecule has 4 N–H and O–H groups in total. The number of carbonyl (C=O) groups is 4. The van der Waals surface area contributed by atoms with Gasteiger partial charge in [-0.15, -0.1) is 0 Å². The lowest BCUT2D eigenvalue weighted by molar-refractivity contribution is -0.137. The average Bonchev–Trinajstić information content (AvgIpc) is 3.91. The lowest BCUT2D eigenvalue weighted by atomic mass is 9.63. The smallest absolute Gasteiger partial charge is 0.255 e. The van der Waals surface area contributed by atoms with Crippen LogP contribution in [-0.4, -0.2) is 73.4 Å². The molecule has 9 rings (SSSR count). The second kappa shape index (κ2) is 17.1. The third kappa shape index (κ3) is 7.96. The molecular weight excluding hydrogens is 854 g/mol. The van der Waals surface area contributed by atoms with E-state index in [2.05, 4.69) is 58.8 Å². The van der Waals surface area contributed by atoms with Crippen molar-refractivity contribution in [2.24, 2.45) is 11.3 Å². The fourth-order valence-corrected chi connectivity index (χ4v) is 11.0. The summed E-state index contributed by atoms with van der Waals surface area (Å²) >= 11 is 12.9. The topological polar surface area (TPSA) is 132 Å². The highest BCUT2D eigenvalue weighted by atomic mass is 35.5. The van der Waals surface area contributed by atoms with E-state index in [1.807, 2.05) is 48.5 Å². The molecule has 5 aliphatic heterocycles. The van der Waals surface area contributed by atoms with Crippen LogP contribution < -0.4 is 30.9 Å². The van der Waals surface area contributed by atoms with Crippen LogP contribution in [0.3, 0.4) is 0 Å². The van der Waals surface area contributed by atoms with Crippen LogP contribution in [0.2, 0.25) is 10.0 Å². The molecule has 4 amide bonds. The van der Waals surface area contributed by atoms with Gasteiger partial charge < -0.3 is 30.5 Å². The molecule has 0 radical (unpaired) electrons. The number of carbonyl (C=O) groups excluding carboxylic acids is 4. The van der Waals surface area contributed by atoms with Gasteiger partial charge in [0.15, 0.2) is 0 Å². The van der Waals surface area contributed by atoms with Crippen LogP contribution in [0.5, 0.6) is 5.75 Å². The summed E-state index contributed by atoms with van der Waals surface area (Å²) in [4.78, 5) is 56.4. The number of amides is 4. The van der Waals surface area contributed by atoms with Crippen molar-refractivity contribution in [1.29, 1.82) is 0 Å². The Kier molecular flexibility index (Phi) is 11.6. The molecular formula is C50H51Cl2FN6O5. The number of fused-ring (bicyclic) bond motifs is 3. The van der Waals surface area contributed by atoms with Gasteiger partial charge in [-0.25, -0.2) is 4.39 Å². The van der Waals surface area contributed by atoms with E-state index in [4.69, 9.17) is 27.9 Å². The minimum atomic E-state index is -0.848. The summed E-state index contributed by atoms with van der Waals surface area (Å²) in [5.74, 6) is 4.85. The van der Waals surface area contributed by atoms with E-state index in [0.717, 1.165) is 47.5 Å². The largest absolute Gasteiger partial charge is 0.494 e. The molecule has 3 saturated heterocycles. The van der Waals surface area contributed by atoms with Gasteiger partial charge >= 0.3 is 0 Å². The third-order valence-corrected chi connectivity index (χ3v) is 14.1. The number of hydrogen-bond acceptors (Lipinski definition) is 8. The van der Waals surface area contributed by atoms with Crippen molar-refractivity contribution in [3.63, 3.8) is 0 Å². The van der Waals surface area contributed by atoms with Crippen molar-refractivity contribution in [3.8, 4) is 17.6 Å². The highest BCUT2D eigenvalue weighted by Gasteiger charge is 2.61. The first-order valence-corrected chi connectivity index (χ1v) is 22.7. The average molecular weight is 906 g/mol. The monoisotopic (exact) mass is 904 g/mol. The molecule has 0 aromatic heterocycles. The second-order valence-corrected chi connectivity index (χ2v) is 19.7. The maximum Gasteiger partial charge on any atom is 0.255 e. The molecule has 1 spiro atoms. The van der Waals surface area contributed by atoms with Gasteiger partial charge in [0.25, 0.3) is 5.91 Å². The minimum absolute atomic E-state index is 0.00464. The SMILES string of the molecule is COc1cc(N2CCC[C@@H](C#Cc3cccc4c3CN([C@H]3CCC(=O)NC3=O)C4=O)C2)ccc1NC(=O)[C@@H]1N[C@@H](CC(C)(C)C)[C@@]2(CNc3cc(Cl)ccc32)[C@H]1c1cccc(Cl)c1F. The first-order valence-electron chi connectivity index (χ1n) is 21.9. The Morgan fingerprint density at radius 2 is 1.84 bits per heavy atom. The van der Waals surface area contributed by atoms with Crippen LogP contribution in [0, 0.1) is 29.0 Å². The van der Waals surface area contributed by atoms with Gasteiger partial charge in [0.2, 0.25) is 17.7 Å². The fourth-order valence-electron chi connectivity index (χ4n) is 10.7. The molecule has 4 aromatic rings. The number of rotatable bonds is 7. The Hall–Kier alpha value is -5.61. The molecule has 5 heterocycles. The van der Waals surface area contributed by atoms with Crippen LogP contribution in [0.15, 0.2) is 72.8 Å². The summed E-state index contributed by atoms with van der Waals surface area (Å²) < 4.78 is 22.2. The summed E-state index contributed by atoms with van der Waals surface area (Å²) in [6.45, 7) is 8.69. The zero-order valence-corrected chi connectivity index (χ0v) is 37.8. The number of methoxy groups -OCH3 is 1. The van der Waals surface area contributed by atoms with Crippen molar-refractivity contribution in [1.82, 2.24) is 15.5 Å². The summed E-state index contributed by atoms with van der Waals surface area (Å²) in [6.07, 6.45) is 3.01. The minimum Gasteiger partial charge on any atom is -0.494 e. The first kappa shape index (κ1) is 43.6. The van der Waals surface area contributed by atoms with E-state index in [9.17, 15) is 19.2 Å². The maximum absolute atomic E-state index is 16.3. The van der Waals surface area contributed by atoms with Crippen LogP contribution in [0.25, 0.3) is 0 Å². The zero-order chi connectivity index (χ0) is 45.1. The molecule has 0 bridgehead atoms. The van der Waals surface area contributed by atoms with E-state index in [1.54, 1.807) is 30.2 Å². The van der Waals surface area contributed by atoms with Gasteiger partial charge in [0.05, 0.1) is 23.9 Å². The van der Waals surface area contributed by atoms with Crippen LogP contribution in [-0.2, 0) is 26.3 Å². The second-order valence-electron chi connectivity index (χ2n) is 18.8. The summed E-state index contributed by atoms with van der Waals surface area (Å²) in [7, 11) is 1.57. The number of halogens is 3. The molecule has 11 nitrogen and oxygen atoms in total. The Morgan fingerprint density at radius 1 is 1.03 bits per heavy atom. The van der Waals surface area contributed by atoms with Crippen molar-refractivity contribution < 1.29 is 28.3 Å². The Balaban J connectivity index is 0.955. The molecule has 14 heteroatoms. The molecule has 64 heavy (non-hydrogen) atoms. The molecule has 0 saturated carbocycles. The summed E-state index contributed by atoms with van der Waals surface area (Å²) in [6, 6.07) is 20.2. The molecule has 4 aromatic carbocycles. The first-order chi connectivity index (χ1) is 30.6. The number of imide groups is 1. The van der Waals surface area contributed by atoms with Gasteiger partial charge in [-0.3, -0.25) is 24.5 Å². The quantitative estimate of drug-likeness (QED) is 0.108. The van der Waals surface area contributed by atoms with Crippen LogP contribution in [0.1, 0.15) is 91.4 Å². The van der Waals surface area contributed by atoms with Crippen molar-refractivity contribution >= 4 is 63.9 Å². The predicted molar refractivity (Wildman–Crippen MR) is 246 cm³/mol. The number of benzene rings is 4. The standard InChI is InChI=1S/C50H51Cl2FN6O5/c1-49(2,3)24-41-50(27-54-38-22-30(51)15-17-35(38)50)43(33-11-6-12-36(52)44(33)53)45(56-41)47(62)55-37-18-16-31(23-40(37)64-4)58-21-7-8-28(25-58)13-14-29-9-5-10-32-34(29)26-59(48(32)63)39-19-20-42(60)57-46(39)61/h5-6,9-12,15-18,22-23,28,39,41,43,45,54,56H,7-8,19-21,24-27H2,1-4H3,(H,55,62)(H,57,60,61)/t28-,39-,41-,43-,45+,50-/m0/s1. The van der Waals surface area contributed by atoms with E-state index >= 15 is 4.39 Å². The Labute approximate surface area is 382 Å². The van der Waals surface area contributed by atoms with Gasteiger partial charge in [0.1, 0.15) is 17.6 Å². The van der Waals surface area contributed by atoms with E-state index in [-0.39, 0.29) is 53.1 Å². The molecule has 0 unspecified atom stereocenters. The number of ether oxygens (including phenoxy) is 1. The summed E-state index contributed by atoms with van der Waals surface area (Å²) in [5, 5.41) is 13.4.